The fourth-order valence-corrected chi connectivity index (χ4v) is 1.34. The van der Waals surface area contributed by atoms with Gasteiger partial charge in [0.1, 0.15) is 5.75 Å². The Kier molecular flexibility index (Phi) is 3.91. The average molecular weight is 266 g/mol. The van der Waals surface area contributed by atoms with Crippen molar-refractivity contribution >= 4 is 0 Å². The van der Waals surface area contributed by atoms with E-state index in [4.69, 9.17) is 0 Å². The molecule has 14 heavy (non-hydrogen) atoms. The van der Waals surface area contributed by atoms with Crippen LogP contribution >= 0.6 is 0 Å². The van der Waals surface area contributed by atoms with E-state index in [9.17, 15) is 5.11 Å². The minimum atomic E-state index is 0. The molecule has 0 unspecified atom stereocenters. The first-order valence-corrected chi connectivity index (χ1v) is 4.21. The third-order valence-corrected chi connectivity index (χ3v) is 1.99. The molecule has 0 atom stereocenters. The molecule has 70 valence electrons. The van der Waals surface area contributed by atoms with Crippen molar-refractivity contribution in [2.75, 3.05) is 0 Å². The van der Waals surface area contributed by atoms with Crippen LogP contribution in [0, 0.1) is 0 Å². The Labute approximate surface area is 97.7 Å². The third kappa shape index (κ3) is 2.24. The molecule has 0 aliphatic carbocycles. The summed E-state index contributed by atoms with van der Waals surface area (Å²) in [7, 11) is 0. The summed E-state index contributed by atoms with van der Waals surface area (Å²) in [6.07, 6.45) is 0. The quantitative estimate of drug-likeness (QED) is 0.786. The fraction of sp³-hybridized carbons (Fsp3) is 0. The van der Waals surface area contributed by atoms with E-state index in [2.05, 4.69) is 0 Å². The van der Waals surface area contributed by atoms with Gasteiger partial charge >= 0.3 is 0 Å². The topological polar surface area (TPSA) is 20.2 Å². The van der Waals surface area contributed by atoms with E-state index in [-0.39, 0.29) is 21.1 Å². The van der Waals surface area contributed by atoms with Crippen LogP contribution in [0.25, 0.3) is 11.1 Å². The van der Waals surface area contributed by atoms with Crippen molar-refractivity contribution < 1.29 is 26.2 Å². The monoisotopic (exact) mass is 268 g/mol. The summed E-state index contributed by atoms with van der Waals surface area (Å²) in [5.74, 6) is 0.328. The molecule has 2 rings (SSSR count). The third-order valence-electron chi connectivity index (χ3n) is 1.99. The Bertz CT molecular complexity index is 398. The van der Waals surface area contributed by atoms with Crippen molar-refractivity contribution in [3.8, 4) is 16.9 Å². The zero-order valence-corrected chi connectivity index (χ0v) is 9.56. The molecule has 0 fully saturated rings. The van der Waals surface area contributed by atoms with Gasteiger partial charge in [-0.3, -0.25) is 0 Å². The van der Waals surface area contributed by atoms with Gasteiger partial charge in [-0.15, -0.1) is 0 Å². The fourth-order valence-electron chi connectivity index (χ4n) is 1.34. The molecule has 0 saturated heterocycles. The van der Waals surface area contributed by atoms with Crippen LogP contribution < -0.4 is 0 Å². The van der Waals surface area contributed by atoms with E-state index < -0.39 is 0 Å². The summed E-state index contributed by atoms with van der Waals surface area (Å²) in [6.45, 7) is 0. The zero-order chi connectivity index (χ0) is 9.10. The van der Waals surface area contributed by atoms with Crippen LogP contribution in [-0.4, -0.2) is 5.11 Å². The molecule has 2 aromatic carbocycles. The van der Waals surface area contributed by atoms with Crippen molar-refractivity contribution in [1.29, 1.82) is 0 Å². The maximum Gasteiger partial charge on any atom is 0.123 e. The Morgan fingerprint density at radius 2 is 1.29 bits per heavy atom. The van der Waals surface area contributed by atoms with E-state index in [1.54, 1.807) is 6.07 Å². The maximum atomic E-state index is 9.56. The van der Waals surface area contributed by atoms with Crippen molar-refractivity contribution in [1.82, 2.24) is 0 Å². The molecule has 0 radical (unpaired) electrons. The number of para-hydroxylation sites is 1. The number of hydrogen-bond acceptors (Lipinski definition) is 1. The molecular weight excluding hydrogens is 256 g/mol. The van der Waals surface area contributed by atoms with Crippen molar-refractivity contribution in [2.45, 2.75) is 0 Å². The number of phenolic OH excluding ortho intramolecular Hbond substituents is 1. The number of phenols is 1. The Hall–Kier alpha value is -1.07. The standard InChI is InChI=1S/C12H10O.Mo/c13-12-9-5-4-8-11(12)10-6-2-1-3-7-10;/h1-9,13H;. The van der Waals surface area contributed by atoms with Crippen LogP contribution in [0.4, 0.5) is 0 Å². The Morgan fingerprint density at radius 3 is 1.93 bits per heavy atom. The van der Waals surface area contributed by atoms with Crippen LogP contribution in [0.1, 0.15) is 0 Å². The van der Waals surface area contributed by atoms with E-state index in [1.165, 1.54) is 0 Å². The van der Waals surface area contributed by atoms with Crippen LogP contribution in [0.3, 0.4) is 0 Å². The molecule has 1 nitrogen and oxygen atoms in total. The van der Waals surface area contributed by atoms with Crippen LogP contribution in [0.5, 0.6) is 5.75 Å². The molecule has 0 saturated carbocycles. The van der Waals surface area contributed by atoms with Gasteiger partial charge in [0.25, 0.3) is 0 Å². The first-order chi connectivity index (χ1) is 6.38. The van der Waals surface area contributed by atoms with Gasteiger partial charge in [-0.2, -0.15) is 0 Å². The summed E-state index contributed by atoms with van der Waals surface area (Å²) in [4.78, 5) is 0. The van der Waals surface area contributed by atoms with Gasteiger partial charge in [-0.1, -0.05) is 48.5 Å². The molecule has 0 aliphatic heterocycles. The molecule has 0 aromatic heterocycles. The predicted molar refractivity (Wildman–Crippen MR) is 53.5 cm³/mol. The molecule has 0 bridgehead atoms. The van der Waals surface area contributed by atoms with Gasteiger partial charge in [0.2, 0.25) is 0 Å². The second-order valence-corrected chi connectivity index (χ2v) is 2.88. The SMILES string of the molecule is Oc1ccccc1-c1ccccc1.[Mo]. The molecule has 0 spiro atoms. The first-order valence-electron chi connectivity index (χ1n) is 4.21. The van der Waals surface area contributed by atoms with Crippen molar-refractivity contribution in [2.24, 2.45) is 0 Å². The normalized spacial score (nSPS) is 9.14. The van der Waals surface area contributed by atoms with Crippen LogP contribution in [0.2, 0.25) is 0 Å². The van der Waals surface area contributed by atoms with Crippen molar-refractivity contribution in [3.05, 3.63) is 54.6 Å². The molecule has 1 N–H and O–H groups in total. The summed E-state index contributed by atoms with van der Waals surface area (Å²) >= 11 is 0. The molecule has 2 heteroatoms. The number of aromatic hydroxyl groups is 1. The summed E-state index contributed by atoms with van der Waals surface area (Å²) in [6, 6.07) is 17.2. The molecular formula is C12H10MoO. The van der Waals surface area contributed by atoms with Crippen LogP contribution in [-0.2, 0) is 21.1 Å². The maximum absolute atomic E-state index is 9.56. The molecule has 0 heterocycles. The zero-order valence-electron chi connectivity index (χ0n) is 7.55. The molecule has 0 amide bonds. The van der Waals surface area contributed by atoms with Gasteiger partial charge in [-0.05, 0) is 11.6 Å². The van der Waals surface area contributed by atoms with Gasteiger partial charge < -0.3 is 5.11 Å². The summed E-state index contributed by atoms with van der Waals surface area (Å²) < 4.78 is 0. The Balaban J connectivity index is 0.000000980. The van der Waals surface area contributed by atoms with Gasteiger partial charge in [0, 0.05) is 26.6 Å². The number of hydrogen-bond donors (Lipinski definition) is 1. The van der Waals surface area contributed by atoms with E-state index in [0.717, 1.165) is 11.1 Å². The summed E-state index contributed by atoms with van der Waals surface area (Å²) in [5.41, 5.74) is 1.92. The van der Waals surface area contributed by atoms with E-state index in [1.807, 2.05) is 48.5 Å². The van der Waals surface area contributed by atoms with Gasteiger partial charge in [0.15, 0.2) is 0 Å². The molecule has 2 aromatic rings. The van der Waals surface area contributed by atoms with Crippen molar-refractivity contribution in [3.63, 3.8) is 0 Å². The summed E-state index contributed by atoms with van der Waals surface area (Å²) in [5, 5.41) is 9.56. The van der Waals surface area contributed by atoms with E-state index in [0.29, 0.717) is 5.75 Å². The minimum absolute atomic E-state index is 0. The minimum Gasteiger partial charge on any atom is -0.507 e. The first kappa shape index (κ1) is 11.0. The van der Waals surface area contributed by atoms with E-state index >= 15 is 0 Å². The smallest absolute Gasteiger partial charge is 0.123 e. The largest absolute Gasteiger partial charge is 0.507 e. The van der Waals surface area contributed by atoms with Gasteiger partial charge in [0.05, 0.1) is 0 Å². The average Bonchev–Trinajstić information content (AvgIpc) is 2.20. The second kappa shape index (κ2) is 4.97. The Morgan fingerprint density at radius 1 is 0.714 bits per heavy atom. The van der Waals surface area contributed by atoms with Gasteiger partial charge in [-0.25, -0.2) is 0 Å². The van der Waals surface area contributed by atoms with Crippen LogP contribution in [0.15, 0.2) is 54.6 Å². The second-order valence-electron chi connectivity index (χ2n) is 2.88. The molecule has 0 aliphatic rings. The predicted octanol–water partition coefficient (Wildman–Crippen LogP) is 3.06. The number of benzene rings is 2. The number of rotatable bonds is 1.